The molecule has 30 heavy (non-hydrogen) atoms. The maximum absolute atomic E-state index is 12.8. The van der Waals surface area contributed by atoms with Gasteiger partial charge in [0.15, 0.2) is 11.5 Å². The van der Waals surface area contributed by atoms with Crippen molar-refractivity contribution in [1.82, 2.24) is 4.90 Å². The molecule has 4 rings (SSSR count). The molecule has 2 aromatic rings. The third-order valence-electron chi connectivity index (χ3n) is 5.51. The second-order valence-electron chi connectivity index (χ2n) is 7.42. The summed E-state index contributed by atoms with van der Waals surface area (Å²) in [5, 5.41) is 0. The summed E-state index contributed by atoms with van der Waals surface area (Å²) in [4.78, 5) is 17.0. The van der Waals surface area contributed by atoms with Crippen molar-refractivity contribution >= 4 is 17.7 Å². The number of carbonyl (C=O) groups is 1. The van der Waals surface area contributed by atoms with Crippen molar-refractivity contribution in [3.05, 3.63) is 59.7 Å². The van der Waals surface area contributed by atoms with Gasteiger partial charge >= 0.3 is 0 Å². The number of anilines is 1. The number of rotatable bonds is 7. The predicted octanol–water partition coefficient (Wildman–Crippen LogP) is 3.01. The number of ether oxygens (including phenoxy) is 3. The van der Waals surface area contributed by atoms with E-state index in [1.807, 2.05) is 53.4 Å². The minimum Gasteiger partial charge on any atom is -0.493 e. The number of nitrogens with zero attached hydrogens (tertiary/aromatic N) is 2. The van der Waals surface area contributed by atoms with Crippen molar-refractivity contribution in [3.8, 4) is 11.5 Å². The molecule has 0 saturated carbocycles. The van der Waals surface area contributed by atoms with Crippen LogP contribution in [0.25, 0.3) is 6.08 Å². The summed E-state index contributed by atoms with van der Waals surface area (Å²) < 4.78 is 17.0. The highest BCUT2D eigenvalue weighted by atomic mass is 16.5. The third kappa shape index (κ3) is 4.83. The lowest BCUT2D eigenvalue weighted by molar-refractivity contribution is -0.114. The number of morpholine rings is 1. The molecular weight excluding hydrogens is 380 g/mol. The molecule has 2 heterocycles. The normalized spacial score (nSPS) is 16.6. The Morgan fingerprint density at radius 3 is 2.67 bits per heavy atom. The summed E-state index contributed by atoms with van der Waals surface area (Å²) in [6, 6.07) is 13.8. The lowest BCUT2D eigenvalue weighted by Crippen LogP contribution is -2.38. The van der Waals surface area contributed by atoms with Gasteiger partial charge in [-0.1, -0.05) is 30.3 Å². The van der Waals surface area contributed by atoms with Crippen molar-refractivity contribution < 1.29 is 19.0 Å². The average molecular weight is 408 g/mol. The Morgan fingerprint density at radius 2 is 1.90 bits per heavy atom. The van der Waals surface area contributed by atoms with Crippen molar-refractivity contribution in [2.75, 3.05) is 58.0 Å². The molecule has 6 nitrogen and oxygen atoms in total. The van der Waals surface area contributed by atoms with Gasteiger partial charge < -0.3 is 19.1 Å². The number of hydrogen-bond acceptors (Lipinski definition) is 5. The van der Waals surface area contributed by atoms with Gasteiger partial charge in [0.1, 0.15) is 6.61 Å². The quantitative estimate of drug-likeness (QED) is 0.660. The molecule has 6 heteroatoms. The number of methoxy groups -OCH3 is 1. The topological polar surface area (TPSA) is 51.2 Å². The molecule has 0 bridgehead atoms. The number of benzene rings is 2. The molecule has 2 aliphatic heterocycles. The lowest BCUT2D eigenvalue weighted by Gasteiger charge is -2.26. The fourth-order valence-corrected chi connectivity index (χ4v) is 3.83. The van der Waals surface area contributed by atoms with Gasteiger partial charge in [-0.05, 0) is 29.7 Å². The number of hydrogen-bond donors (Lipinski definition) is 0. The van der Waals surface area contributed by atoms with Crippen LogP contribution in [0.2, 0.25) is 0 Å². The summed E-state index contributed by atoms with van der Waals surface area (Å²) in [6.07, 6.45) is 4.29. The van der Waals surface area contributed by atoms with Crippen LogP contribution in [0.1, 0.15) is 11.1 Å². The highest BCUT2D eigenvalue weighted by Gasteiger charge is 2.26. The molecule has 0 N–H and O–H groups in total. The standard InChI is InChI=1S/C24H28N2O4/c1-28-22-17-20-9-10-26(24(27)8-7-19-5-3-2-4-6-19)21(20)18-23(22)30-16-13-25-11-14-29-15-12-25/h2-8,17-18H,9-16H2,1H3/b8-7+. The fourth-order valence-electron chi connectivity index (χ4n) is 3.83. The summed E-state index contributed by atoms with van der Waals surface area (Å²) in [6.45, 7) is 5.48. The summed E-state index contributed by atoms with van der Waals surface area (Å²) >= 11 is 0. The van der Waals surface area contributed by atoms with E-state index in [9.17, 15) is 4.79 Å². The van der Waals surface area contributed by atoms with E-state index in [4.69, 9.17) is 14.2 Å². The van der Waals surface area contributed by atoms with Crippen LogP contribution in [0.5, 0.6) is 11.5 Å². The Hall–Kier alpha value is -2.83. The maximum atomic E-state index is 12.8. The van der Waals surface area contributed by atoms with Crippen LogP contribution in [0, 0.1) is 0 Å². The number of carbonyl (C=O) groups excluding carboxylic acids is 1. The first-order valence-electron chi connectivity index (χ1n) is 10.4. The van der Waals surface area contributed by atoms with Crippen LogP contribution in [0.15, 0.2) is 48.5 Å². The Morgan fingerprint density at radius 1 is 1.10 bits per heavy atom. The number of fused-ring (bicyclic) bond motifs is 1. The Labute approximate surface area is 177 Å². The van der Waals surface area contributed by atoms with Crippen molar-refractivity contribution in [2.45, 2.75) is 6.42 Å². The van der Waals surface area contributed by atoms with Crippen LogP contribution in [-0.2, 0) is 16.0 Å². The highest BCUT2D eigenvalue weighted by Crippen LogP contribution is 2.39. The molecular formula is C24H28N2O4. The minimum atomic E-state index is -0.0259. The molecule has 1 amide bonds. The SMILES string of the molecule is COc1cc2c(cc1OCCN1CCOCC1)N(C(=O)/C=C/c1ccccc1)CC2. The number of amides is 1. The summed E-state index contributed by atoms with van der Waals surface area (Å²) in [5.41, 5.74) is 3.01. The first-order valence-corrected chi connectivity index (χ1v) is 10.4. The molecule has 0 atom stereocenters. The van der Waals surface area contributed by atoms with Crippen LogP contribution >= 0.6 is 0 Å². The van der Waals surface area contributed by atoms with E-state index >= 15 is 0 Å². The van der Waals surface area contributed by atoms with Gasteiger partial charge in [0.2, 0.25) is 0 Å². The van der Waals surface area contributed by atoms with Gasteiger partial charge in [-0.3, -0.25) is 9.69 Å². The zero-order valence-electron chi connectivity index (χ0n) is 17.4. The zero-order valence-corrected chi connectivity index (χ0v) is 17.4. The van der Waals surface area contributed by atoms with Gasteiger partial charge in [0.25, 0.3) is 5.91 Å². The van der Waals surface area contributed by atoms with Gasteiger partial charge in [-0.25, -0.2) is 0 Å². The molecule has 1 fully saturated rings. The smallest absolute Gasteiger partial charge is 0.251 e. The lowest BCUT2D eigenvalue weighted by atomic mass is 10.1. The van der Waals surface area contributed by atoms with Crippen LogP contribution < -0.4 is 14.4 Å². The second kappa shape index (κ2) is 9.78. The van der Waals surface area contributed by atoms with Crippen LogP contribution in [-0.4, -0.2) is 63.9 Å². The fraction of sp³-hybridized carbons (Fsp3) is 0.375. The van der Waals surface area contributed by atoms with Gasteiger partial charge in [0.05, 0.1) is 26.0 Å². The largest absolute Gasteiger partial charge is 0.493 e. The molecule has 2 aliphatic rings. The average Bonchev–Trinajstić information content (AvgIpc) is 3.21. The molecule has 2 aromatic carbocycles. The Bertz CT molecular complexity index is 892. The monoisotopic (exact) mass is 408 g/mol. The van der Waals surface area contributed by atoms with E-state index in [1.54, 1.807) is 13.2 Å². The van der Waals surface area contributed by atoms with E-state index in [2.05, 4.69) is 4.90 Å². The van der Waals surface area contributed by atoms with Crippen molar-refractivity contribution in [3.63, 3.8) is 0 Å². The van der Waals surface area contributed by atoms with E-state index in [-0.39, 0.29) is 5.91 Å². The molecule has 0 aliphatic carbocycles. The molecule has 0 unspecified atom stereocenters. The molecule has 0 aromatic heterocycles. The first kappa shape index (κ1) is 20.4. The zero-order chi connectivity index (χ0) is 20.8. The highest BCUT2D eigenvalue weighted by molar-refractivity contribution is 6.05. The van der Waals surface area contributed by atoms with Gasteiger partial charge in [-0.2, -0.15) is 0 Å². The minimum absolute atomic E-state index is 0.0259. The summed E-state index contributed by atoms with van der Waals surface area (Å²) in [5.74, 6) is 1.36. The van der Waals surface area contributed by atoms with Crippen LogP contribution in [0.3, 0.4) is 0 Å². The van der Waals surface area contributed by atoms with Gasteiger partial charge in [-0.15, -0.1) is 0 Å². The van der Waals surface area contributed by atoms with E-state index in [0.717, 1.165) is 56.1 Å². The predicted molar refractivity (Wildman–Crippen MR) is 117 cm³/mol. The second-order valence-corrected chi connectivity index (χ2v) is 7.42. The molecule has 0 spiro atoms. The maximum Gasteiger partial charge on any atom is 0.251 e. The van der Waals surface area contributed by atoms with E-state index < -0.39 is 0 Å². The molecule has 158 valence electrons. The molecule has 0 radical (unpaired) electrons. The van der Waals surface area contributed by atoms with Crippen molar-refractivity contribution in [1.29, 1.82) is 0 Å². The Kier molecular flexibility index (Phi) is 6.67. The molecule has 1 saturated heterocycles. The first-order chi connectivity index (χ1) is 14.7. The summed E-state index contributed by atoms with van der Waals surface area (Å²) in [7, 11) is 1.65. The Balaban J connectivity index is 1.45. The van der Waals surface area contributed by atoms with Crippen molar-refractivity contribution in [2.24, 2.45) is 0 Å². The van der Waals surface area contributed by atoms with E-state index in [0.29, 0.717) is 24.7 Å². The van der Waals surface area contributed by atoms with Crippen LogP contribution in [0.4, 0.5) is 5.69 Å². The van der Waals surface area contributed by atoms with E-state index in [1.165, 1.54) is 0 Å². The van der Waals surface area contributed by atoms with Gasteiger partial charge in [0, 0.05) is 38.3 Å². The third-order valence-corrected chi connectivity index (χ3v) is 5.51.